The average Bonchev–Trinajstić information content (AvgIpc) is 3.06. The molecule has 1 amide bonds. The van der Waals surface area contributed by atoms with Gasteiger partial charge in [0.2, 0.25) is 0 Å². The number of hydrogen-bond acceptors (Lipinski definition) is 3. The fourth-order valence-corrected chi connectivity index (χ4v) is 3.49. The molecule has 2 heterocycles. The Kier molecular flexibility index (Phi) is 5.11. The van der Waals surface area contributed by atoms with Gasteiger partial charge in [-0.25, -0.2) is 0 Å². The standard InChI is InChI=1S/C18H26N2O2/c1-20-9-3-7-16(13-20)14-5-2-6-15(11-14)18(21)19-12-17-8-4-10-22-17/h2,5-6,11,16-17H,3-4,7-10,12-13H2,1H3,(H,19,21)/t16-,17+/m0/s1. The molecule has 0 bridgehead atoms. The van der Waals surface area contributed by atoms with E-state index in [0.29, 0.717) is 12.5 Å². The summed E-state index contributed by atoms with van der Waals surface area (Å²) in [5, 5.41) is 3.01. The number of hydrogen-bond donors (Lipinski definition) is 1. The Hall–Kier alpha value is -1.39. The van der Waals surface area contributed by atoms with Crippen LogP contribution in [0.4, 0.5) is 0 Å². The Labute approximate surface area is 132 Å². The Morgan fingerprint density at radius 3 is 3.05 bits per heavy atom. The third-order valence-electron chi connectivity index (χ3n) is 4.76. The van der Waals surface area contributed by atoms with Gasteiger partial charge in [0, 0.05) is 25.3 Å². The number of carbonyl (C=O) groups is 1. The van der Waals surface area contributed by atoms with Crippen LogP contribution in [0.3, 0.4) is 0 Å². The molecule has 0 spiro atoms. The third kappa shape index (κ3) is 3.87. The van der Waals surface area contributed by atoms with Gasteiger partial charge in [-0.05, 0) is 62.9 Å². The number of nitrogens with zero attached hydrogens (tertiary/aromatic N) is 1. The zero-order valence-electron chi connectivity index (χ0n) is 13.4. The van der Waals surface area contributed by atoms with E-state index < -0.39 is 0 Å². The van der Waals surface area contributed by atoms with Crippen LogP contribution < -0.4 is 5.32 Å². The number of likely N-dealkylation sites (tertiary alicyclic amines) is 1. The molecule has 22 heavy (non-hydrogen) atoms. The number of nitrogens with one attached hydrogen (secondary N) is 1. The number of piperidine rings is 1. The normalized spacial score (nSPS) is 26.0. The molecule has 1 aromatic rings. The van der Waals surface area contributed by atoms with Gasteiger partial charge in [-0.1, -0.05) is 12.1 Å². The molecule has 4 nitrogen and oxygen atoms in total. The zero-order chi connectivity index (χ0) is 15.4. The van der Waals surface area contributed by atoms with Gasteiger partial charge in [-0.15, -0.1) is 0 Å². The highest BCUT2D eigenvalue weighted by Gasteiger charge is 2.20. The molecule has 120 valence electrons. The summed E-state index contributed by atoms with van der Waals surface area (Å²) >= 11 is 0. The van der Waals surface area contributed by atoms with Crippen molar-refractivity contribution in [2.45, 2.75) is 37.7 Å². The topological polar surface area (TPSA) is 41.6 Å². The number of carbonyl (C=O) groups excluding carboxylic acids is 1. The van der Waals surface area contributed by atoms with E-state index >= 15 is 0 Å². The molecule has 3 rings (SSSR count). The molecule has 4 heteroatoms. The minimum atomic E-state index is 0.0153. The quantitative estimate of drug-likeness (QED) is 0.928. The first-order valence-electron chi connectivity index (χ1n) is 8.40. The van der Waals surface area contributed by atoms with Crippen LogP contribution in [0.25, 0.3) is 0 Å². The predicted octanol–water partition coefficient (Wildman–Crippen LogP) is 2.40. The van der Waals surface area contributed by atoms with Gasteiger partial charge in [-0.3, -0.25) is 4.79 Å². The fraction of sp³-hybridized carbons (Fsp3) is 0.611. The van der Waals surface area contributed by atoms with Crippen molar-refractivity contribution >= 4 is 5.91 Å². The lowest BCUT2D eigenvalue weighted by Gasteiger charge is -2.30. The summed E-state index contributed by atoms with van der Waals surface area (Å²) in [6.45, 7) is 3.71. The summed E-state index contributed by atoms with van der Waals surface area (Å²) in [5.41, 5.74) is 2.06. The number of ether oxygens (including phenoxy) is 1. The van der Waals surface area contributed by atoms with Crippen molar-refractivity contribution in [3.63, 3.8) is 0 Å². The molecule has 2 fully saturated rings. The maximum atomic E-state index is 12.3. The van der Waals surface area contributed by atoms with Crippen molar-refractivity contribution in [3.8, 4) is 0 Å². The Balaban J connectivity index is 1.61. The Bertz CT molecular complexity index is 512. The first kappa shape index (κ1) is 15.5. The molecule has 2 saturated heterocycles. The van der Waals surface area contributed by atoms with Crippen LogP contribution in [-0.4, -0.2) is 50.2 Å². The number of likely N-dealkylation sites (N-methyl/N-ethyl adjacent to an activating group) is 1. The second-order valence-electron chi connectivity index (χ2n) is 6.57. The zero-order valence-corrected chi connectivity index (χ0v) is 13.4. The lowest BCUT2D eigenvalue weighted by molar-refractivity contribution is 0.0857. The average molecular weight is 302 g/mol. The summed E-state index contributed by atoms with van der Waals surface area (Å²) in [6.07, 6.45) is 4.79. The maximum absolute atomic E-state index is 12.3. The molecule has 0 unspecified atom stereocenters. The van der Waals surface area contributed by atoms with Gasteiger partial charge < -0.3 is 15.0 Å². The number of benzene rings is 1. The van der Waals surface area contributed by atoms with E-state index in [9.17, 15) is 4.79 Å². The monoisotopic (exact) mass is 302 g/mol. The van der Waals surface area contributed by atoms with Crippen LogP contribution in [0.1, 0.15) is 47.5 Å². The molecule has 2 aliphatic heterocycles. The minimum absolute atomic E-state index is 0.0153. The molecule has 1 N–H and O–H groups in total. The SMILES string of the molecule is CN1CCC[C@H](c2cccc(C(=O)NC[C@H]3CCCO3)c2)C1. The van der Waals surface area contributed by atoms with Crippen molar-refractivity contribution in [3.05, 3.63) is 35.4 Å². The van der Waals surface area contributed by atoms with Crippen LogP contribution in [0, 0.1) is 0 Å². The Morgan fingerprint density at radius 2 is 2.27 bits per heavy atom. The second-order valence-corrected chi connectivity index (χ2v) is 6.57. The van der Waals surface area contributed by atoms with E-state index in [1.165, 1.54) is 24.9 Å². The summed E-state index contributed by atoms with van der Waals surface area (Å²) in [5.74, 6) is 0.561. The molecule has 0 aromatic heterocycles. The molecular weight excluding hydrogens is 276 g/mol. The molecule has 0 saturated carbocycles. The summed E-state index contributed by atoms with van der Waals surface area (Å²) in [4.78, 5) is 14.7. The number of amides is 1. The van der Waals surface area contributed by atoms with Gasteiger partial charge in [0.25, 0.3) is 5.91 Å². The highest BCUT2D eigenvalue weighted by atomic mass is 16.5. The van der Waals surface area contributed by atoms with Crippen molar-refractivity contribution in [2.75, 3.05) is 33.3 Å². The maximum Gasteiger partial charge on any atom is 0.251 e. The predicted molar refractivity (Wildman–Crippen MR) is 87.2 cm³/mol. The van der Waals surface area contributed by atoms with Gasteiger partial charge in [0.1, 0.15) is 0 Å². The van der Waals surface area contributed by atoms with Crippen molar-refractivity contribution < 1.29 is 9.53 Å². The van der Waals surface area contributed by atoms with E-state index in [-0.39, 0.29) is 12.0 Å². The van der Waals surface area contributed by atoms with Crippen LogP contribution in [0.5, 0.6) is 0 Å². The first-order valence-corrected chi connectivity index (χ1v) is 8.40. The lowest BCUT2D eigenvalue weighted by Crippen LogP contribution is -2.32. The van der Waals surface area contributed by atoms with Crippen LogP contribution in [0.15, 0.2) is 24.3 Å². The molecule has 0 radical (unpaired) electrons. The fourth-order valence-electron chi connectivity index (χ4n) is 3.49. The van der Waals surface area contributed by atoms with Crippen molar-refractivity contribution in [2.24, 2.45) is 0 Å². The lowest BCUT2D eigenvalue weighted by atomic mass is 9.90. The summed E-state index contributed by atoms with van der Waals surface area (Å²) < 4.78 is 5.55. The van der Waals surface area contributed by atoms with E-state index in [1.807, 2.05) is 12.1 Å². The second kappa shape index (κ2) is 7.25. The molecule has 1 aromatic carbocycles. The molecular formula is C18H26N2O2. The molecule has 2 atom stereocenters. The highest BCUT2D eigenvalue weighted by molar-refractivity contribution is 5.94. The number of rotatable bonds is 4. The van der Waals surface area contributed by atoms with Crippen LogP contribution in [-0.2, 0) is 4.74 Å². The third-order valence-corrected chi connectivity index (χ3v) is 4.76. The van der Waals surface area contributed by atoms with Gasteiger partial charge in [-0.2, -0.15) is 0 Å². The molecule has 0 aliphatic carbocycles. The smallest absolute Gasteiger partial charge is 0.251 e. The van der Waals surface area contributed by atoms with Gasteiger partial charge >= 0.3 is 0 Å². The largest absolute Gasteiger partial charge is 0.376 e. The van der Waals surface area contributed by atoms with Gasteiger partial charge in [0.15, 0.2) is 0 Å². The van der Waals surface area contributed by atoms with Crippen molar-refractivity contribution in [1.29, 1.82) is 0 Å². The van der Waals surface area contributed by atoms with E-state index in [1.54, 1.807) is 0 Å². The van der Waals surface area contributed by atoms with Gasteiger partial charge in [0.05, 0.1) is 6.10 Å². The van der Waals surface area contributed by atoms with E-state index in [0.717, 1.165) is 31.6 Å². The first-order chi connectivity index (χ1) is 10.7. The minimum Gasteiger partial charge on any atom is -0.376 e. The van der Waals surface area contributed by atoms with E-state index in [4.69, 9.17) is 4.74 Å². The Morgan fingerprint density at radius 1 is 1.36 bits per heavy atom. The van der Waals surface area contributed by atoms with E-state index in [2.05, 4.69) is 29.4 Å². The van der Waals surface area contributed by atoms with Crippen molar-refractivity contribution in [1.82, 2.24) is 10.2 Å². The summed E-state index contributed by atoms with van der Waals surface area (Å²) in [6, 6.07) is 8.13. The summed E-state index contributed by atoms with van der Waals surface area (Å²) in [7, 11) is 2.17. The van der Waals surface area contributed by atoms with Crippen LogP contribution >= 0.6 is 0 Å². The highest BCUT2D eigenvalue weighted by Crippen LogP contribution is 2.26. The van der Waals surface area contributed by atoms with Crippen LogP contribution in [0.2, 0.25) is 0 Å². The molecule has 2 aliphatic rings.